The van der Waals surface area contributed by atoms with Crippen LogP contribution in [0.1, 0.15) is 12.7 Å². The van der Waals surface area contributed by atoms with Crippen LogP contribution in [0.4, 0.5) is 0 Å². The van der Waals surface area contributed by atoms with Gasteiger partial charge in [-0.25, -0.2) is 4.98 Å². The normalized spacial score (nSPS) is 15.9. The molecule has 0 saturated carbocycles. The number of rotatable bonds is 10. The molecule has 6 rings (SSSR count). The van der Waals surface area contributed by atoms with E-state index >= 15 is 0 Å². The van der Waals surface area contributed by atoms with Gasteiger partial charge in [-0.3, -0.25) is 9.80 Å². The number of ether oxygens (including phenoxy) is 3. The van der Waals surface area contributed by atoms with Gasteiger partial charge in [0.15, 0.2) is 12.0 Å². The van der Waals surface area contributed by atoms with Crippen molar-refractivity contribution in [1.29, 1.82) is 0 Å². The Labute approximate surface area is 248 Å². The molecule has 2 atom stereocenters. The number of aromatic nitrogens is 2. The molecule has 1 aliphatic heterocycles. The summed E-state index contributed by atoms with van der Waals surface area (Å²) in [5, 5.41) is 15.9. The molecule has 0 bridgehead atoms. The topological polar surface area (TPSA) is 93.3 Å². The van der Waals surface area contributed by atoms with Crippen molar-refractivity contribution >= 4 is 21.6 Å². The molecule has 1 unspecified atom stereocenters. The van der Waals surface area contributed by atoms with Crippen LogP contribution in [0.25, 0.3) is 32.0 Å². The van der Waals surface area contributed by atoms with E-state index in [1.807, 2.05) is 60.7 Å². The minimum atomic E-state index is -0.668. The van der Waals surface area contributed by atoms with Crippen LogP contribution in [-0.2, 0) is 6.54 Å². The summed E-state index contributed by atoms with van der Waals surface area (Å²) in [6.07, 6.45) is -1.13. The number of hydrogen-bond donors (Lipinski definition) is 1. The fourth-order valence-corrected chi connectivity index (χ4v) is 6.17. The molecule has 1 aliphatic rings. The number of benzene rings is 3. The maximum atomic E-state index is 10.6. The molecule has 0 amide bonds. The number of piperazine rings is 1. The van der Waals surface area contributed by atoms with Crippen molar-refractivity contribution in [2.75, 3.05) is 40.4 Å². The van der Waals surface area contributed by atoms with Crippen LogP contribution in [0.3, 0.4) is 0 Å². The lowest BCUT2D eigenvalue weighted by molar-refractivity contribution is -0.0756. The van der Waals surface area contributed by atoms with E-state index in [1.165, 1.54) is 0 Å². The van der Waals surface area contributed by atoms with Gasteiger partial charge in [0.05, 0.1) is 31.0 Å². The molecule has 1 fully saturated rings. The molecule has 3 aromatic carbocycles. The van der Waals surface area contributed by atoms with Gasteiger partial charge in [0.1, 0.15) is 34.1 Å². The van der Waals surface area contributed by atoms with E-state index in [0.717, 1.165) is 69.7 Å². The summed E-state index contributed by atoms with van der Waals surface area (Å²) in [6, 6.07) is 23.7. The SMILES string of the molecule is COc1ccc(-c2cc(CN3CCN(C(Oc4ccc5sc(-c6ccccc6)nc5c4)[C@H](C)O)CC3)on2)c(OC)c1. The highest BCUT2D eigenvalue weighted by Gasteiger charge is 2.29. The van der Waals surface area contributed by atoms with Gasteiger partial charge < -0.3 is 23.8 Å². The molecule has 0 spiro atoms. The second-order valence-electron chi connectivity index (χ2n) is 10.3. The third kappa shape index (κ3) is 6.12. The van der Waals surface area contributed by atoms with E-state index < -0.39 is 12.3 Å². The van der Waals surface area contributed by atoms with Gasteiger partial charge in [-0.1, -0.05) is 35.5 Å². The molecular weight excluding hydrogens is 552 g/mol. The smallest absolute Gasteiger partial charge is 0.178 e. The highest BCUT2D eigenvalue weighted by molar-refractivity contribution is 7.21. The number of fused-ring (bicyclic) bond motifs is 1. The average molecular weight is 587 g/mol. The number of aliphatic hydroxyl groups excluding tert-OH is 1. The molecule has 218 valence electrons. The molecule has 0 aliphatic carbocycles. The van der Waals surface area contributed by atoms with Crippen LogP contribution in [0.2, 0.25) is 0 Å². The summed E-state index contributed by atoms with van der Waals surface area (Å²) in [5.41, 5.74) is 3.56. The van der Waals surface area contributed by atoms with Crippen LogP contribution >= 0.6 is 11.3 Å². The molecule has 3 heterocycles. The molecule has 2 aromatic heterocycles. The summed E-state index contributed by atoms with van der Waals surface area (Å²) >= 11 is 1.66. The Morgan fingerprint density at radius 2 is 1.71 bits per heavy atom. The summed E-state index contributed by atoms with van der Waals surface area (Å²) in [4.78, 5) is 9.33. The fourth-order valence-electron chi connectivity index (χ4n) is 5.22. The van der Waals surface area contributed by atoms with E-state index in [9.17, 15) is 5.11 Å². The van der Waals surface area contributed by atoms with Crippen molar-refractivity contribution in [1.82, 2.24) is 19.9 Å². The summed E-state index contributed by atoms with van der Waals surface area (Å²) in [7, 11) is 3.25. The van der Waals surface area contributed by atoms with Crippen LogP contribution in [0.15, 0.2) is 77.3 Å². The largest absolute Gasteiger partial charge is 0.497 e. The first-order valence-corrected chi connectivity index (χ1v) is 14.8. The van der Waals surface area contributed by atoms with Gasteiger partial charge in [-0.15, -0.1) is 11.3 Å². The molecule has 10 heteroatoms. The molecular formula is C32H34N4O5S. The van der Waals surface area contributed by atoms with Crippen LogP contribution in [-0.4, -0.2) is 77.8 Å². The Bertz CT molecular complexity index is 1630. The predicted molar refractivity (Wildman–Crippen MR) is 163 cm³/mol. The van der Waals surface area contributed by atoms with E-state index in [4.69, 9.17) is 23.7 Å². The Kier molecular flexibility index (Phi) is 8.38. The summed E-state index contributed by atoms with van der Waals surface area (Å²) in [6.45, 7) is 5.53. The maximum Gasteiger partial charge on any atom is 0.178 e. The van der Waals surface area contributed by atoms with Crippen molar-refractivity contribution < 1.29 is 23.8 Å². The molecule has 1 N–H and O–H groups in total. The molecule has 42 heavy (non-hydrogen) atoms. The highest BCUT2D eigenvalue weighted by Crippen LogP contribution is 2.34. The first-order chi connectivity index (χ1) is 20.5. The first-order valence-electron chi connectivity index (χ1n) is 14.0. The van der Waals surface area contributed by atoms with Crippen molar-refractivity contribution in [3.63, 3.8) is 0 Å². The van der Waals surface area contributed by atoms with Crippen LogP contribution < -0.4 is 14.2 Å². The Balaban J connectivity index is 1.08. The Hall–Kier alpha value is -3.96. The molecule has 0 radical (unpaired) electrons. The maximum absolute atomic E-state index is 10.6. The highest BCUT2D eigenvalue weighted by atomic mass is 32.1. The standard InChI is InChI=1S/C32H34N4O5S/c1-21(37)32(40-24-10-12-30-28(17-24)33-31(42-30)22-7-5-4-6-8-22)36-15-13-35(14-16-36)20-25-18-27(34-41-25)26-11-9-23(38-2)19-29(26)39-3/h4-12,17-19,21,32,37H,13-16,20H2,1-3H3/t21-,32?/m0/s1. The van der Waals surface area contributed by atoms with E-state index in [0.29, 0.717) is 18.0 Å². The van der Waals surface area contributed by atoms with Crippen molar-refractivity contribution in [2.24, 2.45) is 0 Å². The zero-order chi connectivity index (χ0) is 29.1. The Morgan fingerprint density at radius 1 is 0.929 bits per heavy atom. The fraction of sp³-hybridized carbons (Fsp3) is 0.312. The number of methoxy groups -OCH3 is 2. The minimum Gasteiger partial charge on any atom is -0.497 e. The van der Waals surface area contributed by atoms with Gasteiger partial charge in [0.2, 0.25) is 0 Å². The first kappa shape index (κ1) is 28.2. The summed E-state index contributed by atoms with van der Waals surface area (Å²) in [5.74, 6) is 2.88. The van der Waals surface area contributed by atoms with E-state index in [2.05, 4.69) is 27.1 Å². The second-order valence-corrected chi connectivity index (χ2v) is 11.4. The van der Waals surface area contributed by atoms with Gasteiger partial charge in [0.25, 0.3) is 0 Å². The van der Waals surface area contributed by atoms with Gasteiger partial charge in [-0.05, 0) is 31.2 Å². The van der Waals surface area contributed by atoms with Crippen molar-refractivity contribution in [3.8, 4) is 39.1 Å². The van der Waals surface area contributed by atoms with Gasteiger partial charge in [-0.2, -0.15) is 0 Å². The lowest BCUT2D eigenvalue weighted by atomic mass is 10.1. The summed E-state index contributed by atoms with van der Waals surface area (Å²) < 4.78 is 24.0. The van der Waals surface area contributed by atoms with Crippen LogP contribution in [0.5, 0.6) is 17.2 Å². The third-order valence-corrected chi connectivity index (χ3v) is 8.52. The Morgan fingerprint density at radius 3 is 2.45 bits per heavy atom. The number of thiazole rings is 1. The average Bonchev–Trinajstić information content (AvgIpc) is 3.67. The lowest BCUT2D eigenvalue weighted by Gasteiger charge is -2.39. The second kappa shape index (κ2) is 12.5. The zero-order valence-corrected chi connectivity index (χ0v) is 24.7. The molecule has 1 saturated heterocycles. The minimum absolute atomic E-state index is 0.462. The molecule has 9 nitrogen and oxygen atoms in total. The molecule has 5 aromatic rings. The number of hydrogen-bond acceptors (Lipinski definition) is 10. The number of aliphatic hydroxyl groups is 1. The monoisotopic (exact) mass is 586 g/mol. The zero-order valence-electron chi connectivity index (χ0n) is 23.9. The van der Waals surface area contributed by atoms with Crippen molar-refractivity contribution in [3.05, 3.63) is 78.6 Å². The van der Waals surface area contributed by atoms with Crippen molar-refractivity contribution in [2.45, 2.75) is 25.8 Å². The lowest BCUT2D eigenvalue weighted by Crippen LogP contribution is -2.55. The quantitative estimate of drug-likeness (QED) is 0.226. The van der Waals surface area contributed by atoms with Gasteiger partial charge in [0, 0.05) is 55.5 Å². The third-order valence-electron chi connectivity index (χ3n) is 7.44. The number of nitrogens with zero attached hydrogens (tertiary/aromatic N) is 4. The predicted octanol–water partition coefficient (Wildman–Crippen LogP) is 5.54. The van der Waals surface area contributed by atoms with E-state index in [1.54, 1.807) is 32.5 Å². The van der Waals surface area contributed by atoms with Gasteiger partial charge >= 0.3 is 0 Å². The van der Waals surface area contributed by atoms with Crippen LogP contribution in [0, 0.1) is 0 Å². The van der Waals surface area contributed by atoms with E-state index in [-0.39, 0.29) is 0 Å².